The second-order valence-corrected chi connectivity index (χ2v) is 5.21. The summed E-state index contributed by atoms with van der Waals surface area (Å²) in [5, 5.41) is 12.5. The van der Waals surface area contributed by atoms with Gasteiger partial charge in [-0.25, -0.2) is 0 Å². The van der Waals surface area contributed by atoms with Crippen LogP contribution in [0.1, 0.15) is 33.6 Å². The number of ether oxygens (including phenoxy) is 1. The molecule has 0 aromatic carbocycles. The molecule has 0 bridgehead atoms. The van der Waals surface area contributed by atoms with Crippen LogP contribution in [-0.2, 0) is 4.74 Å². The van der Waals surface area contributed by atoms with E-state index in [2.05, 4.69) is 30.3 Å². The van der Waals surface area contributed by atoms with E-state index in [9.17, 15) is 5.26 Å². The first-order chi connectivity index (χ1) is 8.02. The SMILES string of the molecule is CCNC(C)(C#N)CC(C)N(C)C1CCOC1. The van der Waals surface area contributed by atoms with Crippen LogP contribution in [0.4, 0.5) is 0 Å². The number of likely N-dealkylation sites (N-methyl/N-ethyl adjacent to an activating group) is 1. The van der Waals surface area contributed by atoms with Crippen molar-refractivity contribution < 1.29 is 4.74 Å². The van der Waals surface area contributed by atoms with Crippen molar-refractivity contribution in [3.63, 3.8) is 0 Å². The van der Waals surface area contributed by atoms with Crippen molar-refractivity contribution in [3.8, 4) is 6.07 Å². The third-order valence-electron chi connectivity index (χ3n) is 3.69. The van der Waals surface area contributed by atoms with Gasteiger partial charge in [-0.3, -0.25) is 10.2 Å². The van der Waals surface area contributed by atoms with E-state index >= 15 is 0 Å². The number of nitrogens with one attached hydrogen (secondary N) is 1. The lowest BCUT2D eigenvalue weighted by Crippen LogP contribution is -2.48. The lowest BCUT2D eigenvalue weighted by Gasteiger charge is -2.34. The molecule has 1 fully saturated rings. The average molecular weight is 239 g/mol. The molecule has 1 aliphatic rings. The van der Waals surface area contributed by atoms with Gasteiger partial charge in [0, 0.05) is 18.7 Å². The Balaban J connectivity index is 2.51. The zero-order chi connectivity index (χ0) is 12.9. The van der Waals surface area contributed by atoms with Crippen molar-refractivity contribution in [1.29, 1.82) is 5.26 Å². The van der Waals surface area contributed by atoms with E-state index in [1.807, 2.05) is 13.8 Å². The van der Waals surface area contributed by atoms with Gasteiger partial charge in [-0.2, -0.15) is 5.26 Å². The summed E-state index contributed by atoms with van der Waals surface area (Å²) < 4.78 is 5.41. The van der Waals surface area contributed by atoms with Crippen molar-refractivity contribution in [1.82, 2.24) is 10.2 Å². The quantitative estimate of drug-likeness (QED) is 0.760. The largest absolute Gasteiger partial charge is 0.380 e. The van der Waals surface area contributed by atoms with Crippen LogP contribution < -0.4 is 5.32 Å². The standard InChI is InChI=1S/C13H25N3O/c1-5-15-13(3,10-14)8-11(2)16(4)12-6-7-17-9-12/h11-12,15H,5-9H2,1-4H3. The molecule has 3 atom stereocenters. The smallest absolute Gasteiger partial charge is 0.105 e. The maximum Gasteiger partial charge on any atom is 0.105 e. The van der Waals surface area contributed by atoms with Gasteiger partial charge >= 0.3 is 0 Å². The molecular weight excluding hydrogens is 214 g/mol. The molecule has 1 saturated heterocycles. The van der Waals surface area contributed by atoms with Gasteiger partial charge in [0.05, 0.1) is 12.7 Å². The Hall–Kier alpha value is -0.630. The van der Waals surface area contributed by atoms with E-state index < -0.39 is 5.54 Å². The van der Waals surface area contributed by atoms with Crippen LogP contribution >= 0.6 is 0 Å². The summed E-state index contributed by atoms with van der Waals surface area (Å²) in [6, 6.07) is 3.28. The van der Waals surface area contributed by atoms with Gasteiger partial charge in [0.1, 0.15) is 5.54 Å². The number of nitrogens with zero attached hydrogens (tertiary/aromatic N) is 2. The summed E-state index contributed by atoms with van der Waals surface area (Å²) in [6.45, 7) is 8.72. The minimum absolute atomic E-state index is 0.380. The van der Waals surface area contributed by atoms with E-state index in [1.54, 1.807) is 0 Å². The lowest BCUT2D eigenvalue weighted by atomic mass is 9.94. The third-order valence-corrected chi connectivity index (χ3v) is 3.69. The predicted molar refractivity (Wildman–Crippen MR) is 68.8 cm³/mol. The molecule has 1 aliphatic heterocycles. The molecule has 0 aliphatic carbocycles. The van der Waals surface area contributed by atoms with Gasteiger partial charge in [-0.15, -0.1) is 0 Å². The summed E-state index contributed by atoms with van der Waals surface area (Å²) in [5.74, 6) is 0. The Kier molecular flexibility index (Phi) is 5.38. The highest BCUT2D eigenvalue weighted by molar-refractivity contribution is 5.05. The van der Waals surface area contributed by atoms with Gasteiger partial charge in [-0.05, 0) is 40.3 Å². The number of rotatable bonds is 6. The molecule has 1 heterocycles. The molecule has 0 amide bonds. The molecule has 1 rings (SSSR count). The van der Waals surface area contributed by atoms with E-state index in [-0.39, 0.29) is 0 Å². The van der Waals surface area contributed by atoms with Gasteiger partial charge in [0.25, 0.3) is 0 Å². The van der Waals surface area contributed by atoms with Crippen molar-refractivity contribution in [2.75, 3.05) is 26.8 Å². The molecule has 98 valence electrons. The fraction of sp³-hybridized carbons (Fsp3) is 0.923. The molecule has 0 aromatic heterocycles. The normalized spacial score (nSPS) is 25.5. The maximum absolute atomic E-state index is 9.26. The minimum Gasteiger partial charge on any atom is -0.380 e. The van der Waals surface area contributed by atoms with E-state index in [1.165, 1.54) is 0 Å². The molecule has 0 spiro atoms. The van der Waals surface area contributed by atoms with Crippen LogP contribution in [0, 0.1) is 11.3 Å². The molecule has 3 unspecified atom stereocenters. The van der Waals surface area contributed by atoms with Crippen molar-refractivity contribution in [2.24, 2.45) is 0 Å². The van der Waals surface area contributed by atoms with Gasteiger partial charge in [0.15, 0.2) is 0 Å². The van der Waals surface area contributed by atoms with Crippen molar-refractivity contribution in [2.45, 2.75) is 51.2 Å². The van der Waals surface area contributed by atoms with Crippen molar-refractivity contribution >= 4 is 0 Å². The highest BCUT2D eigenvalue weighted by atomic mass is 16.5. The monoisotopic (exact) mass is 239 g/mol. The van der Waals surface area contributed by atoms with E-state index in [4.69, 9.17) is 4.74 Å². The average Bonchev–Trinajstić information content (AvgIpc) is 2.81. The maximum atomic E-state index is 9.26. The van der Waals surface area contributed by atoms with Gasteiger partial charge < -0.3 is 4.74 Å². The molecular formula is C13H25N3O. The number of hydrogen-bond donors (Lipinski definition) is 1. The summed E-state index contributed by atoms with van der Waals surface area (Å²) in [4.78, 5) is 2.35. The summed E-state index contributed by atoms with van der Waals surface area (Å²) in [7, 11) is 2.13. The minimum atomic E-state index is -0.429. The topological polar surface area (TPSA) is 48.3 Å². The Morgan fingerprint density at radius 2 is 2.35 bits per heavy atom. The molecule has 4 heteroatoms. The lowest BCUT2D eigenvalue weighted by molar-refractivity contribution is 0.125. The second-order valence-electron chi connectivity index (χ2n) is 5.21. The predicted octanol–water partition coefficient (Wildman–Crippen LogP) is 1.38. The van der Waals surface area contributed by atoms with Crippen LogP contribution in [0.5, 0.6) is 0 Å². The zero-order valence-electron chi connectivity index (χ0n) is 11.5. The summed E-state index contributed by atoms with van der Waals surface area (Å²) in [6.07, 6.45) is 1.94. The van der Waals surface area contributed by atoms with Gasteiger partial charge in [0.2, 0.25) is 0 Å². The second kappa shape index (κ2) is 6.34. The summed E-state index contributed by atoms with van der Waals surface area (Å²) in [5.41, 5.74) is -0.429. The molecule has 0 aromatic rings. The number of hydrogen-bond acceptors (Lipinski definition) is 4. The Bertz CT molecular complexity index is 270. The summed E-state index contributed by atoms with van der Waals surface area (Å²) >= 11 is 0. The molecule has 4 nitrogen and oxygen atoms in total. The van der Waals surface area contributed by atoms with Crippen molar-refractivity contribution in [3.05, 3.63) is 0 Å². The van der Waals surface area contributed by atoms with E-state index in [0.29, 0.717) is 12.1 Å². The Morgan fingerprint density at radius 3 is 2.82 bits per heavy atom. The highest BCUT2D eigenvalue weighted by Crippen LogP contribution is 2.19. The molecule has 0 radical (unpaired) electrons. The molecule has 17 heavy (non-hydrogen) atoms. The van der Waals surface area contributed by atoms with Gasteiger partial charge in [-0.1, -0.05) is 6.92 Å². The van der Waals surface area contributed by atoms with Crippen LogP contribution in [0.2, 0.25) is 0 Å². The fourth-order valence-electron chi connectivity index (χ4n) is 2.49. The first-order valence-electron chi connectivity index (χ1n) is 6.48. The van der Waals surface area contributed by atoms with Crippen LogP contribution in [0.3, 0.4) is 0 Å². The molecule has 1 N–H and O–H groups in total. The molecule has 0 saturated carbocycles. The Morgan fingerprint density at radius 1 is 1.65 bits per heavy atom. The fourth-order valence-corrected chi connectivity index (χ4v) is 2.49. The first kappa shape index (κ1) is 14.4. The van der Waals surface area contributed by atoms with Crippen LogP contribution in [0.15, 0.2) is 0 Å². The number of nitriles is 1. The highest BCUT2D eigenvalue weighted by Gasteiger charge is 2.30. The third kappa shape index (κ3) is 3.95. The van der Waals surface area contributed by atoms with E-state index in [0.717, 1.165) is 32.6 Å². The Labute approximate surface area is 105 Å². The van der Waals surface area contributed by atoms with Crippen LogP contribution in [0.25, 0.3) is 0 Å². The first-order valence-corrected chi connectivity index (χ1v) is 6.48. The van der Waals surface area contributed by atoms with Crippen LogP contribution in [-0.4, -0.2) is 49.3 Å². The zero-order valence-corrected chi connectivity index (χ0v) is 11.5.